The zero-order valence-corrected chi connectivity index (χ0v) is 30.9. The van der Waals surface area contributed by atoms with Crippen molar-refractivity contribution in [3.63, 3.8) is 0 Å². The Morgan fingerprint density at radius 3 is 1.75 bits per heavy atom. The maximum absolute atomic E-state index is 6.82. The quantitative estimate of drug-likeness (QED) is 0.136. The van der Waals surface area contributed by atoms with Crippen molar-refractivity contribution in [2.45, 2.75) is 6.54 Å². The predicted molar refractivity (Wildman–Crippen MR) is 236 cm³/mol. The summed E-state index contributed by atoms with van der Waals surface area (Å²) < 4.78 is 11.7. The Bertz CT molecular complexity index is 3370. The summed E-state index contributed by atoms with van der Waals surface area (Å²) in [5, 5.41) is 6.90. The minimum absolute atomic E-state index is 0.357. The number of nitrogens with two attached hydrogens (primary N) is 1. The molecule has 3 heterocycles. The van der Waals surface area contributed by atoms with Crippen LogP contribution in [-0.2, 0) is 6.54 Å². The lowest BCUT2D eigenvalue weighted by molar-refractivity contribution is 0.662. The molecule has 270 valence electrons. The van der Waals surface area contributed by atoms with Gasteiger partial charge in [-0.05, 0) is 36.4 Å². The average Bonchev–Trinajstić information content (AvgIpc) is 3.94. The zero-order valence-electron chi connectivity index (χ0n) is 30.9. The number of rotatable bonds is 6. The highest BCUT2D eigenvalue weighted by molar-refractivity contribution is 6.25. The number of para-hydroxylation sites is 4. The molecule has 6 nitrogen and oxygen atoms in total. The molecule has 3 aromatic heterocycles. The summed E-state index contributed by atoms with van der Waals surface area (Å²) in [6.45, 7) is 0.357. The molecule has 6 heteroatoms. The molecule has 0 spiro atoms. The molecule has 11 aromatic rings. The van der Waals surface area contributed by atoms with Crippen LogP contribution in [0.1, 0.15) is 16.7 Å². The van der Waals surface area contributed by atoms with Crippen molar-refractivity contribution in [3.8, 4) is 11.4 Å². The highest BCUT2D eigenvalue weighted by atomic mass is 16.3. The molecule has 0 radical (unpaired) electrons. The average molecular weight is 734 g/mol. The van der Waals surface area contributed by atoms with E-state index < -0.39 is 0 Å². The molecule has 2 N–H and O–H groups in total. The van der Waals surface area contributed by atoms with E-state index in [1.54, 1.807) is 0 Å². The molecule has 0 aliphatic rings. The standard InChI is InChI=1S/C51H35N5O/c52-50(33-16-4-1-5-17-33)54-51(34-18-6-2-7-19-34)53-32-35-20-14-25-41-46-44(28-15-29-45(46)57-49(35)41)56-43-27-13-11-24-38(43)40-31-30-39-37-23-10-12-26-42(37)55(47(39)48(40)56)36-21-8-3-9-22-36/h1-31H,32H2,(H2,52,53,54). The van der Waals surface area contributed by atoms with Gasteiger partial charge in [-0.15, -0.1) is 0 Å². The Labute approximate surface area is 328 Å². The molecule has 8 aromatic carbocycles. The highest BCUT2D eigenvalue weighted by Crippen LogP contribution is 2.44. The van der Waals surface area contributed by atoms with E-state index in [1.165, 1.54) is 32.6 Å². The molecule has 0 saturated carbocycles. The van der Waals surface area contributed by atoms with Crippen molar-refractivity contribution in [1.82, 2.24) is 9.13 Å². The fourth-order valence-corrected chi connectivity index (χ4v) is 8.52. The van der Waals surface area contributed by atoms with Crippen molar-refractivity contribution in [2.75, 3.05) is 0 Å². The van der Waals surface area contributed by atoms with Crippen molar-refractivity contribution >= 4 is 77.2 Å². The third-order valence-corrected chi connectivity index (χ3v) is 11.0. The second kappa shape index (κ2) is 13.3. The van der Waals surface area contributed by atoms with Gasteiger partial charge in [0.25, 0.3) is 0 Å². The fraction of sp³-hybridized carbons (Fsp3) is 0.0196. The number of amidine groups is 2. The lowest BCUT2D eigenvalue weighted by Gasteiger charge is -2.13. The molecule has 57 heavy (non-hydrogen) atoms. The Hall–Kier alpha value is -7.70. The summed E-state index contributed by atoms with van der Waals surface area (Å²) in [7, 11) is 0. The van der Waals surface area contributed by atoms with Gasteiger partial charge in [0, 0.05) is 49.3 Å². The van der Waals surface area contributed by atoms with Crippen LogP contribution in [0.4, 0.5) is 0 Å². The van der Waals surface area contributed by atoms with Crippen molar-refractivity contribution in [2.24, 2.45) is 15.7 Å². The number of hydrogen-bond donors (Lipinski definition) is 1. The smallest absolute Gasteiger partial charge is 0.157 e. The van der Waals surface area contributed by atoms with Crippen LogP contribution in [0.2, 0.25) is 0 Å². The van der Waals surface area contributed by atoms with Gasteiger partial charge in [0.1, 0.15) is 17.0 Å². The molecule has 0 aliphatic heterocycles. The molecule has 0 bridgehead atoms. The minimum atomic E-state index is 0.357. The second-order valence-corrected chi connectivity index (χ2v) is 14.3. The largest absolute Gasteiger partial charge is 0.456 e. The van der Waals surface area contributed by atoms with Crippen LogP contribution >= 0.6 is 0 Å². The number of nitrogens with zero attached hydrogens (tertiary/aromatic N) is 4. The van der Waals surface area contributed by atoms with Crippen LogP contribution in [0.3, 0.4) is 0 Å². The molecule has 11 rings (SSSR count). The van der Waals surface area contributed by atoms with E-state index in [0.717, 1.165) is 61.0 Å². The molecular weight excluding hydrogens is 699 g/mol. The minimum Gasteiger partial charge on any atom is -0.456 e. The van der Waals surface area contributed by atoms with E-state index in [0.29, 0.717) is 18.2 Å². The lowest BCUT2D eigenvalue weighted by Crippen LogP contribution is -2.16. The first-order chi connectivity index (χ1) is 28.2. The van der Waals surface area contributed by atoms with Crippen LogP contribution in [0.15, 0.2) is 202 Å². The Morgan fingerprint density at radius 1 is 0.491 bits per heavy atom. The van der Waals surface area contributed by atoms with E-state index >= 15 is 0 Å². The highest BCUT2D eigenvalue weighted by Gasteiger charge is 2.23. The van der Waals surface area contributed by atoms with Crippen molar-refractivity contribution in [3.05, 3.63) is 205 Å². The summed E-state index contributed by atoms with van der Waals surface area (Å²) in [5.74, 6) is 0.977. The van der Waals surface area contributed by atoms with E-state index in [-0.39, 0.29) is 0 Å². The predicted octanol–water partition coefficient (Wildman–Crippen LogP) is 12.1. The number of fused-ring (bicyclic) bond motifs is 10. The molecule has 0 aliphatic carbocycles. The van der Waals surface area contributed by atoms with E-state index in [4.69, 9.17) is 20.1 Å². The van der Waals surface area contributed by atoms with E-state index in [2.05, 4.69) is 137 Å². The molecular formula is C51H35N5O. The fourth-order valence-electron chi connectivity index (χ4n) is 8.52. The summed E-state index contributed by atoms with van der Waals surface area (Å²) in [5.41, 5.74) is 17.7. The van der Waals surface area contributed by atoms with Crippen LogP contribution in [0.5, 0.6) is 0 Å². The maximum atomic E-state index is 6.82. The van der Waals surface area contributed by atoms with Crippen LogP contribution < -0.4 is 5.73 Å². The van der Waals surface area contributed by atoms with Gasteiger partial charge < -0.3 is 19.3 Å². The van der Waals surface area contributed by atoms with Gasteiger partial charge in [0.05, 0.1) is 39.7 Å². The SMILES string of the molecule is NC(=NC(=NCc1cccc2c1oc1cccc(-n3c4ccccc4c4ccc5c6ccccc6n(-c6ccccc6)c5c43)c12)c1ccccc1)c1ccccc1. The summed E-state index contributed by atoms with van der Waals surface area (Å²) >= 11 is 0. The van der Waals surface area contributed by atoms with Gasteiger partial charge in [-0.2, -0.15) is 0 Å². The third-order valence-electron chi connectivity index (χ3n) is 11.0. The van der Waals surface area contributed by atoms with Crippen LogP contribution in [0.25, 0.3) is 76.9 Å². The molecule has 0 atom stereocenters. The van der Waals surface area contributed by atoms with Gasteiger partial charge >= 0.3 is 0 Å². The number of furan rings is 1. The third kappa shape index (κ3) is 5.26. The zero-order chi connectivity index (χ0) is 37.9. The topological polar surface area (TPSA) is 73.7 Å². The lowest BCUT2D eigenvalue weighted by atomic mass is 10.1. The Balaban J connectivity index is 1.15. The first-order valence-corrected chi connectivity index (χ1v) is 19.2. The van der Waals surface area contributed by atoms with E-state index in [1.807, 2.05) is 60.7 Å². The number of hydrogen-bond acceptors (Lipinski definition) is 2. The first-order valence-electron chi connectivity index (χ1n) is 19.2. The summed E-state index contributed by atoms with van der Waals surface area (Å²) in [6.07, 6.45) is 0. The van der Waals surface area contributed by atoms with Crippen molar-refractivity contribution in [1.29, 1.82) is 0 Å². The second-order valence-electron chi connectivity index (χ2n) is 14.3. The molecule has 0 saturated heterocycles. The van der Waals surface area contributed by atoms with Crippen LogP contribution in [-0.4, -0.2) is 20.8 Å². The summed E-state index contributed by atoms with van der Waals surface area (Å²) in [4.78, 5) is 9.92. The maximum Gasteiger partial charge on any atom is 0.157 e. The van der Waals surface area contributed by atoms with Gasteiger partial charge in [-0.25, -0.2) is 4.99 Å². The first kappa shape index (κ1) is 32.7. The van der Waals surface area contributed by atoms with Crippen molar-refractivity contribution < 1.29 is 4.42 Å². The molecule has 0 unspecified atom stereocenters. The number of aliphatic imine (C=N–C) groups is 2. The summed E-state index contributed by atoms with van der Waals surface area (Å²) in [6, 6.07) is 65.2. The Morgan fingerprint density at radius 2 is 1.05 bits per heavy atom. The molecule has 0 amide bonds. The molecule has 0 fully saturated rings. The van der Waals surface area contributed by atoms with Gasteiger partial charge in [0.15, 0.2) is 5.84 Å². The van der Waals surface area contributed by atoms with E-state index in [9.17, 15) is 0 Å². The monoisotopic (exact) mass is 733 g/mol. The van der Waals surface area contributed by atoms with Crippen LogP contribution in [0, 0.1) is 0 Å². The normalized spacial score (nSPS) is 12.6. The van der Waals surface area contributed by atoms with Gasteiger partial charge in [0.2, 0.25) is 0 Å². The number of aromatic nitrogens is 2. The number of benzene rings is 8. The Kier molecular flexibility index (Phi) is 7.60. The van der Waals surface area contributed by atoms with Gasteiger partial charge in [-0.3, -0.25) is 4.99 Å². The van der Waals surface area contributed by atoms with Gasteiger partial charge in [-0.1, -0.05) is 152 Å².